The van der Waals surface area contributed by atoms with Gasteiger partial charge < -0.3 is 11.1 Å². The van der Waals surface area contributed by atoms with Crippen molar-refractivity contribution in [3.63, 3.8) is 0 Å². The Morgan fingerprint density at radius 3 is 2.43 bits per heavy atom. The second-order valence-electron chi connectivity index (χ2n) is 4.78. The first-order valence-electron chi connectivity index (χ1n) is 5.63. The Hall–Kier alpha value is -0.570. The Morgan fingerprint density at radius 1 is 1.36 bits per heavy atom. The molecule has 1 aliphatic rings. The van der Waals surface area contributed by atoms with Crippen LogP contribution in [0.4, 0.5) is 0 Å². The highest BCUT2D eigenvalue weighted by atomic mass is 16.1. The molecule has 0 aromatic rings. The summed E-state index contributed by atoms with van der Waals surface area (Å²) in [5.41, 5.74) is 5.80. The number of hydrogen-bond acceptors (Lipinski definition) is 2. The molecule has 0 bridgehead atoms. The molecule has 82 valence electrons. The highest BCUT2D eigenvalue weighted by Crippen LogP contribution is 2.17. The van der Waals surface area contributed by atoms with Gasteiger partial charge in [-0.2, -0.15) is 0 Å². The van der Waals surface area contributed by atoms with E-state index in [9.17, 15) is 4.79 Å². The molecule has 0 heterocycles. The molecular weight excluding hydrogens is 176 g/mol. The standard InChI is InChI=1S/C11H22N2O/c1-8(2)7-11(14)13-10-5-3-9(12)4-6-10/h8-10H,3-7,12H2,1-2H3,(H,13,14)/t9-,10-. The van der Waals surface area contributed by atoms with Crippen molar-refractivity contribution in [3.05, 3.63) is 0 Å². The number of nitrogens with one attached hydrogen (secondary N) is 1. The van der Waals surface area contributed by atoms with Gasteiger partial charge in [-0.3, -0.25) is 4.79 Å². The van der Waals surface area contributed by atoms with Gasteiger partial charge in [-0.1, -0.05) is 13.8 Å². The van der Waals surface area contributed by atoms with Crippen LogP contribution < -0.4 is 11.1 Å². The van der Waals surface area contributed by atoms with E-state index in [4.69, 9.17) is 5.73 Å². The van der Waals surface area contributed by atoms with Crippen LogP contribution in [0.15, 0.2) is 0 Å². The largest absolute Gasteiger partial charge is 0.353 e. The lowest BCUT2D eigenvalue weighted by molar-refractivity contribution is -0.122. The topological polar surface area (TPSA) is 55.1 Å². The summed E-state index contributed by atoms with van der Waals surface area (Å²) in [6.07, 6.45) is 4.83. The van der Waals surface area contributed by atoms with Crippen LogP contribution in [0.3, 0.4) is 0 Å². The maximum atomic E-state index is 11.5. The summed E-state index contributed by atoms with van der Waals surface area (Å²) in [5.74, 6) is 0.640. The highest BCUT2D eigenvalue weighted by Gasteiger charge is 2.19. The molecule has 0 aliphatic heterocycles. The molecule has 0 unspecified atom stereocenters. The molecule has 1 saturated carbocycles. The smallest absolute Gasteiger partial charge is 0.220 e. The molecule has 1 rings (SSSR count). The zero-order chi connectivity index (χ0) is 10.6. The van der Waals surface area contributed by atoms with E-state index < -0.39 is 0 Å². The van der Waals surface area contributed by atoms with Gasteiger partial charge in [0.1, 0.15) is 0 Å². The van der Waals surface area contributed by atoms with Crippen LogP contribution >= 0.6 is 0 Å². The third kappa shape index (κ3) is 4.09. The van der Waals surface area contributed by atoms with E-state index in [1.54, 1.807) is 0 Å². The van der Waals surface area contributed by atoms with Crippen LogP contribution in [0.2, 0.25) is 0 Å². The van der Waals surface area contributed by atoms with Crippen LogP contribution in [0, 0.1) is 5.92 Å². The van der Waals surface area contributed by atoms with Crippen molar-refractivity contribution in [1.29, 1.82) is 0 Å². The SMILES string of the molecule is CC(C)CC(=O)N[C@H]1CC[C@H](N)CC1. The van der Waals surface area contributed by atoms with E-state index in [0.717, 1.165) is 25.7 Å². The Kier molecular flexibility index (Phi) is 4.39. The normalized spacial score (nSPS) is 27.7. The van der Waals surface area contributed by atoms with E-state index in [1.807, 2.05) is 0 Å². The van der Waals surface area contributed by atoms with E-state index in [-0.39, 0.29) is 5.91 Å². The van der Waals surface area contributed by atoms with Crippen molar-refractivity contribution in [2.75, 3.05) is 0 Å². The molecule has 0 aromatic heterocycles. The maximum Gasteiger partial charge on any atom is 0.220 e. The summed E-state index contributed by atoms with van der Waals surface area (Å²) in [7, 11) is 0. The predicted molar refractivity (Wildman–Crippen MR) is 57.8 cm³/mol. The van der Waals surface area contributed by atoms with Crippen molar-refractivity contribution >= 4 is 5.91 Å². The summed E-state index contributed by atoms with van der Waals surface area (Å²) < 4.78 is 0. The minimum atomic E-state index is 0.195. The minimum Gasteiger partial charge on any atom is -0.353 e. The fourth-order valence-corrected chi connectivity index (χ4v) is 1.92. The molecule has 0 saturated heterocycles. The van der Waals surface area contributed by atoms with Crippen LogP contribution in [0.5, 0.6) is 0 Å². The summed E-state index contributed by atoms with van der Waals surface area (Å²) in [4.78, 5) is 11.5. The van der Waals surface area contributed by atoms with E-state index in [0.29, 0.717) is 24.4 Å². The van der Waals surface area contributed by atoms with Crippen molar-refractivity contribution < 1.29 is 4.79 Å². The molecule has 14 heavy (non-hydrogen) atoms. The average molecular weight is 198 g/mol. The van der Waals surface area contributed by atoms with Gasteiger partial charge in [0.2, 0.25) is 5.91 Å². The highest BCUT2D eigenvalue weighted by molar-refractivity contribution is 5.76. The Labute approximate surface area is 86.4 Å². The van der Waals surface area contributed by atoms with E-state index in [1.165, 1.54) is 0 Å². The van der Waals surface area contributed by atoms with Gasteiger partial charge in [0.25, 0.3) is 0 Å². The maximum absolute atomic E-state index is 11.5. The molecule has 0 spiro atoms. The molecule has 1 fully saturated rings. The van der Waals surface area contributed by atoms with Gasteiger partial charge in [-0.15, -0.1) is 0 Å². The monoisotopic (exact) mass is 198 g/mol. The summed E-state index contributed by atoms with van der Waals surface area (Å²) in [6.45, 7) is 4.13. The number of carbonyl (C=O) groups is 1. The van der Waals surface area contributed by atoms with E-state index >= 15 is 0 Å². The van der Waals surface area contributed by atoms with E-state index in [2.05, 4.69) is 19.2 Å². The second kappa shape index (κ2) is 5.35. The van der Waals surface area contributed by atoms with Gasteiger partial charge in [0.05, 0.1) is 0 Å². The molecule has 3 N–H and O–H groups in total. The van der Waals surface area contributed by atoms with Crippen LogP contribution in [0.1, 0.15) is 46.0 Å². The fraction of sp³-hybridized carbons (Fsp3) is 0.909. The number of rotatable bonds is 3. The summed E-state index contributed by atoms with van der Waals surface area (Å²) in [5, 5.41) is 3.08. The minimum absolute atomic E-state index is 0.195. The molecular formula is C11H22N2O. The molecule has 3 nitrogen and oxygen atoms in total. The van der Waals surface area contributed by atoms with Crippen LogP contribution in [-0.2, 0) is 4.79 Å². The first-order valence-corrected chi connectivity index (χ1v) is 5.63. The van der Waals surface area contributed by atoms with Crippen LogP contribution in [-0.4, -0.2) is 18.0 Å². The van der Waals surface area contributed by atoms with Gasteiger partial charge in [-0.05, 0) is 31.6 Å². The summed E-state index contributed by atoms with van der Waals surface area (Å²) >= 11 is 0. The van der Waals surface area contributed by atoms with Gasteiger partial charge in [-0.25, -0.2) is 0 Å². The van der Waals surface area contributed by atoms with Crippen molar-refractivity contribution in [2.24, 2.45) is 11.7 Å². The van der Waals surface area contributed by atoms with Crippen molar-refractivity contribution in [3.8, 4) is 0 Å². The lowest BCUT2D eigenvalue weighted by Gasteiger charge is -2.27. The van der Waals surface area contributed by atoms with Crippen molar-refractivity contribution in [1.82, 2.24) is 5.32 Å². The van der Waals surface area contributed by atoms with Crippen molar-refractivity contribution in [2.45, 2.75) is 58.0 Å². The van der Waals surface area contributed by atoms with Gasteiger partial charge in [0, 0.05) is 18.5 Å². The van der Waals surface area contributed by atoms with Gasteiger partial charge >= 0.3 is 0 Å². The lowest BCUT2D eigenvalue weighted by Crippen LogP contribution is -2.40. The first kappa shape index (κ1) is 11.5. The quantitative estimate of drug-likeness (QED) is 0.720. The average Bonchev–Trinajstić information content (AvgIpc) is 2.07. The molecule has 3 heteroatoms. The predicted octanol–water partition coefficient (Wildman–Crippen LogP) is 1.42. The lowest BCUT2D eigenvalue weighted by atomic mass is 9.91. The third-order valence-electron chi connectivity index (χ3n) is 2.73. The number of carbonyl (C=O) groups excluding carboxylic acids is 1. The zero-order valence-corrected chi connectivity index (χ0v) is 9.25. The Bertz CT molecular complexity index is 184. The Morgan fingerprint density at radius 2 is 1.93 bits per heavy atom. The molecule has 0 atom stereocenters. The third-order valence-corrected chi connectivity index (χ3v) is 2.73. The van der Waals surface area contributed by atoms with Crippen LogP contribution in [0.25, 0.3) is 0 Å². The van der Waals surface area contributed by atoms with Gasteiger partial charge in [0.15, 0.2) is 0 Å². The zero-order valence-electron chi connectivity index (χ0n) is 9.25. The molecule has 0 aromatic carbocycles. The Balaban J connectivity index is 2.20. The number of nitrogens with two attached hydrogens (primary N) is 1. The fourth-order valence-electron chi connectivity index (χ4n) is 1.92. The molecule has 1 aliphatic carbocycles. The summed E-state index contributed by atoms with van der Waals surface area (Å²) in [6, 6.07) is 0.731. The first-order chi connectivity index (χ1) is 6.58. The second-order valence-corrected chi connectivity index (χ2v) is 4.78. The number of hydrogen-bond donors (Lipinski definition) is 2. The molecule has 0 radical (unpaired) electrons. The number of amides is 1. The molecule has 1 amide bonds.